The number of imidazole rings is 1. The Labute approximate surface area is 126 Å². The summed E-state index contributed by atoms with van der Waals surface area (Å²) in [6, 6.07) is 11.8. The van der Waals surface area contributed by atoms with Crippen LogP contribution in [0.2, 0.25) is 5.02 Å². The number of aromatic nitrogens is 2. The van der Waals surface area contributed by atoms with E-state index in [9.17, 15) is 0 Å². The molecular weight excluding hydrogens is 290 g/mol. The number of fused-ring (bicyclic) bond motifs is 1. The van der Waals surface area contributed by atoms with Crippen molar-refractivity contribution in [3.05, 3.63) is 47.0 Å². The lowest BCUT2D eigenvalue weighted by Gasteiger charge is -2.05. The molecule has 0 bridgehead atoms. The zero-order valence-electron chi connectivity index (χ0n) is 11.2. The summed E-state index contributed by atoms with van der Waals surface area (Å²) in [6.45, 7) is 2.07. The summed E-state index contributed by atoms with van der Waals surface area (Å²) in [5.41, 5.74) is 9.70. The highest BCUT2D eigenvalue weighted by atomic mass is 35.5. The van der Waals surface area contributed by atoms with Gasteiger partial charge in [-0.15, -0.1) is 0 Å². The normalized spacial score (nSPS) is 11.2. The van der Waals surface area contributed by atoms with Gasteiger partial charge in [-0.1, -0.05) is 29.4 Å². The molecule has 2 aromatic carbocycles. The van der Waals surface area contributed by atoms with Crippen LogP contribution in [0.5, 0.6) is 0 Å². The SMILES string of the molecule is Cc1ccc2c(c1)nc(Sc1ccc(N)cc1Cl)n2C. The van der Waals surface area contributed by atoms with Crippen LogP contribution in [0.1, 0.15) is 5.56 Å². The van der Waals surface area contributed by atoms with Crippen LogP contribution in [-0.4, -0.2) is 9.55 Å². The molecule has 5 heteroatoms. The molecule has 0 unspecified atom stereocenters. The molecule has 3 rings (SSSR count). The highest BCUT2D eigenvalue weighted by molar-refractivity contribution is 7.99. The first-order valence-electron chi connectivity index (χ1n) is 6.20. The minimum Gasteiger partial charge on any atom is -0.399 e. The lowest BCUT2D eigenvalue weighted by molar-refractivity contribution is 0.815. The first kappa shape index (κ1) is 13.3. The Morgan fingerprint density at radius 3 is 2.75 bits per heavy atom. The average molecular weight is 304 g/mol. The molecule has 102 valence electrons. The molecule has 2 N–H and O–H groups in total. The summed E-state index contributed by atoms with van der Waals surface area (Å²) >= 11 is 7.76. The fourth-order valence-corrected chi connectivity index (χ4v) is 3.25. The Morgan fingerprint density at radius 1 is 1.20 bits per heavy atom. The highest BCUT2D eigenvalue weighted by Gasteiger charge is 2.11. The molecule has 0 amide bonds. The van der Waals surface area contributed by atoms with Gasteiger partial charge in [0, 0.05) is 17.6 Å². The molecule has 3 aromatic rings. The summed E-state index contributed by atoms with van der Waals surface area (Å²) in [6.07, 6.45) is 0. The smallest absolute Gasteiger partial charge is 0.173 e. The van der Waals surface area contributed by atoms with E-state index in [1.807, 2.05) is 19.2 Å². The third kappa shape index (κ3) is 2.37. The van der Waals surface area contributed by atoms with Crippen LogP contribution >= 0.6 is 23.4 Å². The van der Waals surface area contributed by atoms with Crippen molar-refractivity contribution in [2.45, 2.75) is 17.0 Å². The van der Waals surface area contributed by atoms with E-state index in [-0.39, 0.29) is 0 Å². The molecule has 0 aliphatic heterocycles. The number of hydrogen-bond donors (Lipinski definition) is 1. The van der Waals surface area contributed by atoms with Crippen LogP contribution in [0.15, 0.2) is 46.5 Å². The summed E-state index contributed by atoms with van der Waals surface area (Å²) < 4.78 is 2.08. The second kappa shape index (κ2) is 5.04. The number of hydrogen-bond acceptors (Lipinski definition) is 3. The summed E-state index contributed by atoms with van der Waals surface area (Å²) in [5, 5.41) is 1.57. The van der Waals surface area contributed by atoms with Crippen LogP contribution < -0.4 is 5.73 Å². The Kier molecular flexibility index (Phi) is 3.36. The molecule has 0 saturated heterocycles. The molecule has 0 spiro atoms. The molecule has 0 aliphatic carbocycles. The van der Waals surface area contributed by atoms with Gasteiger partial charge in [-0.3, -0.25) is 0 Å². The summed E-state index contributed by atoms with van der Waals surface area (Å²) in [4.78, 5) is 5.62. The van der Waals surface area contributed by atoms with Gasteiger partial charge in [-0.05, 0) is 42.8 Å². The van der Waals surface area contributed by atoms with Crippen LogP contribution in [-0.2, 0) is 7.05 Å². The Hall–Kier alpha value is -1.65. The van der Waals surface area contributed by atoms with E-state index in [4.69, 9.17) is 17.3 Å². The zero-order valence-corrected chi connectivity index (χ0v) is 12.8. The van der Waals surface area contributed by atoms with Gasteiger partial charge >= 0.3 is 0 Å². The molecule has 0 aliphatic rings. The van der Waals surface area contributed by atoms with Crippen LogP contribution in [0, 0.1) is 6.92 Å². The van der Waals surface area contributed by atoms with Gasteiger partial charge in [0.05, 0.1) is 16.1 Å². The molecular formula is C15H14ClN3S. The maximum atomic E-state index is 6.22. The van der Waals surface area contributed by atoms with Crippen molar-refractivity contribution in [2.75, 3.05) is 5.73 Å². The third-order valence-electron chi connectivity index (χ3n) is 3.15. The third-order valence-corrected chi connectivity index (χ3v) is 4.70. The van der Waals surface area contributed by atoms with Gasteiger partial charge in [0.15, 0.2) is 5.16 Å². The van der Waals surface area contributed by atoms with Crippen LogP contribution in [0.25, 0.3) is 11.0 Å². The maximum Gasteiger partial charge on any atom is 0.173 e. The van der Waals surface area contributed by atoms with Gasteiger partial charge in [0.25, 0.3) is 0 Å². The largest absolute Gasteiger partial charge is 0.399 e. The van der Waals surface area contributed by atoms with E-state index in [0.29, 0.717) is 10.7 Å². The maximum absolute atomic E-state index is 6.22. The average Bonchev–Trinajstić information content (AvgIpc) is 2.69. The number of aryl methyl sites for hydroxylation is 2. The fourth-order valence-electron chi connectivity index (χ4n) is 2.08. The van der Waals surface area contributed by atoms with E-state index in [1.165, 1.54) is 5.56 Å². The minimum absolute atomic E-state index is 0.651. The van der Waals surface area contributed by atoms with Crippen molar-refractivity contribution in [3.63, 3.8) is 0 Å². The van der Waals surface area contributed by atoms with Gasteiger partial charge in [0.1, 0.15) is 0 Å². The Morgan fingerprint density at radius 2 is 2.00 bits per heavy atom. The van der Waals surface area contributed by atoms with Crippen LogP contribution in [0.4, 0.5) is 5.69 Å². The first-order valence-corrected chi connectivity index (χ1v) is 7.40. The van der Waals surface area contributed by atoms with Crippen molar-refractivity contribution < 1.29 is 0 Å². The topological polar surface area (TPSA) is 43.8 Å². The second-order valence-electron chi connectivity index (χ2n) is 4.74. The number of benzene rings is 2. The van der Waals surface area contributed by atoms with Crippen molar-refractivity contribution >= 4 is 40.1 Å². The van der Waals surface area contributed by atoms with Crippen molar-refractivity contribution in [1.29, 1.82) is 0 Å². The minimum atomic E-state index is 0.651. The standard InChI is InChI=1S/C15H14ClN3S/c1-9-3-5-13-12(7-9)18-15(19(13)2)20-14-6-4-10(17)8-11(14)16/h3-8H,17H2,1-2H3. The molecule has 0 atom stereocenters. The quantitative estimate of drug-likeness (QED) is 0.719. The second-order valence-corrected chi connectivity index (χ2v) is 6.15. The molecule has 0 saturated carbocycles. The molecule has 3 nitrogen and oxygen atoms in total. The van der Waals surface area contributed by atoms with E-state index in [1.54, 1.807) is 17.8 Å². The van der Waals surface area contributed by atoms with E-state index in [2.05, 4.69) is 34.7 Å². The van der Waals surface area contributed by atoms with Gasteiger partial charge in [0.2, 0.25) is 0 Å². The fraction of sp³-hybridized carbons (Fsp3) is 0.133. The summed E-state index contributed by atoms with van der Waals surface area (Å²) in [5.74, 6) is 0. The monoisotopic (exact) mass is 303 g/mol. The molecule has 1 heterocycles. The van der Waals surface area contributed by atoms with Gasteiger partial charge < -0.3 is 10.3 Å². The first-order chi connectivity index (χ1) is 9.54. The molecule has 1 aromatic heterocycles. The van der Waals surface area contributed by atoms with Gasteiger partial charge in [-0.2, -0.15) is 0 Å². The highest BCUT2D eigenvalue weighted by Crippen LogP contribution is 2.35. The van der Waals surface area contributed by atoms with Crippen LogP contribution in [0.3, 0.4) is 0 Å². The molecule has 0 fully saturated rings. The number of halogens is 1. The zero-order chi connectivity index (χ0) is 14.3. The number of rotatable bonds is 2. The predicted molar refractivity (Wildman–Crippen MR) is 85.4 cm³/mol. The predicted octanol–water partition coefficient (Wildman–Crippen LogP) is 4.27. The number of nitrogens with zero attached hydrogens (tertiary/aromatic N) is 2. The Balaban J connectivity index is 2.04. The summed E-state index contributed by atoms with van der Waals surface area (Å²) in [7, 11) is 2.01. The lowest BCUT2D eigenvalue weighted by atomic mass is 10.2. The van der Waals surface area contributed by atoms with Crippen molar-refractivity contribution in [3.8, 4) is 0 Å². The van der Waals surface area contributed by atoms with E-state index in [0.717, 1.165) is 21.1 Å². The van der Waals surface area contributed by atoms with E-state index >= 15 is 0 Å². The number of nitrogens with two attached hydrogens (primary N) is 1. The van der Waals surface area contributed by atoms with Crippen molar-refractivity contribution in [1.82, 2.24) is 9.55 Å². The number of nitrogen functional groups attached to an aromatic ring is 1. The molecule has 20 heavy (non-hydrogen) atoms. The van der Waals surface area contributed by atoms with E-state index < -0.39 is 0 Å². The van der Waals surface area contributed by atoms with Gasteiger partial charge in [-0.25, -0.2) is 4.98 Å². The number of anilines is 1. The lowest BCUT2D eigenvalue weighted by Crippen LogP contribution is -1.91. The Bertz CT molecular complexity index is 795. The van der Waals surface area contributed by atoms with Crippen molar-refractivity contribution in [2.24, 2.45) is 7.05 Å². The molecule has 0 radical (unpaired) electrons.